The second kappa shape index (κ2) is 6.18. The highest BCUT2D eigenvalue weighted by Gasteiger charge is 2.08. The van der Waals surface area contributed by atoms with Gasteiger partial charge in [-0.05, 0) is 34.5 Å². The minimum Gasteiger partial charge on any atom is -0.267 e. The summed E-state index contributed by atoms with van der Waals surface area (Å²) in [5.41, 5.74) is 3.15. The number of carbonyl (C=O) groups is 1. The Bertz CT molecular complexity index is 858. The molecular weight excluding hydrogens is 279 g/mol. The summed E-state index contributed by atoms with van der Waals surface area (Å²) in [6.45, 7) is 0. The molecule has 3 aromatic carbocycles. The Kier molecular flexibility index (Phi) is 3.92. The molecule has 0 unspecified atom stereocenters. The van der Waals surface area contributed by atoms with Crippen LogP contribution < -0.4 is 5.43 Å². The molecule has 1 N–H and O–H groups in total. The molecule has 0 aromatic heterocycles. The predicted octanol–water partition coefficient (Wildman–Crippen LogP) is 3.74. The molecule has 3 rings (SSSR count). The van der Waals surface area contributed by atoms with E-state index in [1.807, 2.05) is 42.5 Å². The lowest BCUT2D eigenvalue weighted by Crippen LogP contribution is -2.18. The molecule has 3 aromatic rings. The Labute approximate surface area is 127 Å². The quantitative estimate of drug-likeness (QED) is 0.580. The maximum atomic E-state index is 13.5. The number of hydrogen-bond donors (Lipinski definition) is 1. The highest BCUT2D eigenvalue weighted by molar-refractivity contribution is 5.95. The molecule has 0 spiro atoms. The van der Waals surface area contributed by atoms with Gasteiger partial charge in [-0.3, -0.25) is 4.79 Å². The number of fused-ring (bicyclic) bond motifs is 1. The van der Waals surface area contributed by atoms with Crippen LogP contribution in [0.25, 0.3) is 10.8 Å². The van der Waals surface area contributed by atoms with Crippen LogP contribution in [0.3, 0.4) is 0 Å². The summed E-state index contributed by atoms with van der Waals surface area (Å²) in [7, 11) is 0. The van der Waals surface area contributed by atoms with Crippen LogP contribution in [0.4, 0.5) is 4.39 Å². The van der Waals surface area contributed by atoms with E-state index in [0.717, 1.165) is 16.3 Å². The molecule has 0 saturated heterocycles. The third kappa shape index (κ3) is 3.01. The number of nitrogens with zero attached hydrogens (tertiary/aromatic N) is 1. The first kappa shape index (κ1) is 13.9. The maximum absolute atomic E-state index is 13.5. The van der Waals surface area contributed by atoms with Crippen LogP contribution in [0.1, 0.15) is 15.9 Å². The second-order valence-electron chi connectivity index (χ2n) is 4.79. The average Bonchev–Trinajstić information content (AvgIpc) is 2.55. The van der Waals surface area contributed by atoms with Gasteiger partial charge in [0.25, 0.3) is 5.91 Å². The van der Waals surface area contributed by atoms with Gasteiger partial charge < -0.3 is 0 Å². The second-order valence-corrected chi connectivity index (χ2v) is 4.79. The van der Waals surface area contributed by atoms with Crippen LogP contribution in [0, 0.1) is 5.82 Å². The number of carbonyl (C=O) groups excluding carboxylic acids is 1. The largest absolute Gasteiger partial charge is 0.274 e. The fourth-order valence-electron chi connectivity index (χ4n) is 2.16. The van der Waals surface area contributed by atoms with Gasteiger partial charge in [0.2, 0.25) is 0 Å². The lowest BCUT2D eigenvalue weighted by atomic mass is 10.1. The fourth-order valence-corrected chi connectivity index (χ4v) is 2.16. The molecule has 3 nitrogen and oxygen atoms in total. The van der Waals surface area contributed by atoms with Crippen molar-refractivity contribution in [2.24, 2.45) is 5.10 Å². The van der Waals surface area contributed by atoms with E-state index >= 15 is 0 Å². The van der Waals surface area contributed by atoms with Gasteiger partial charge in [0.1, 0.15) is 5.82 Å². The number of benzene rings is 3. The van der Waals surface area contributed by atoms with E-state index in [9.17, 15) is 9.18 Å². The van der Waals surface area contributed by atoms with Crippen molar-refractivity contribution in [3.8, 4) is 0 Å². The van der Waals surface area contributed by atoms with Gasteiger partial charge in [0.05, 0.1) is 11.8 Å². The molecule has 22 heavy (non-hydrogen) atoms. The summed E-state index contributed by atoms with van der Waals surface area (Å²) < 4.78 is 13.5. The van der Waals surface area contributed by atoms with Crippen molar-refractivity contribution in [3.63, 3.8) is 0 Å². The molecule has 4 heteroatoms. The zero-order valence-corrected chi connectivity index (χ0v) is 11.7. The minimum atomic E-state index is -0.574. The van der Waals surface area contributed by atoms with Gasteiger partial charge >= 0.3 is 0 Å². The summed E-state index contributed by atoms with van der Waals surface area (Å²) in [6.07, 6.45) is 1.53. The molecule has 1 amide bonds. The van der Waals surface area contributed by atoms with Crippen LogP contribution in [0.15, 0.2) is 71.8 Å². The molecule has 0 heterocycles. The number of halogens is 1. The predicted molar refractivity (Wildman–Crippen MR) is 85.4 cm³/mol. The van der Waals surface area contributed by atoms with Crippen LogP contribution >= 0.6 is 0 Å². The van der Waals surface area contributed by atoms with Crippen LogP contribution in [0.5, 0.6) is 0 Å². The van der Waals surface area contributed by atoms with Crippen molar-refractivity contribution in [1.82, 2.24) is 5.43 Å². The monoisotopic (exact) mass is 292 g/mol. The van der Waals surface area contributed by atoms with E-state index in [2.05, 4.69) is 10.5 Å². The SMILES string of the molecule is O=C(N/N=C\c1ccc2ccccc2c1)c1ccccc1F. The Hall–Kier alpha value is -3.01. The van der Waals surface area contributed by atoms with Crippen molar-refractivity contribution >= 4 is 22.9 Å². The highest BCUT2D eigenvalue weighted by Crippen LogP contribution is 2.14. The lowest BCUT2D eigenvalue weighted by Gasteiger charge is -2.01. The molecule has 0 aliphatic rings. The molecule has 0 aliphatic carbocycles. The maximum Gasteiger partial charge on any atom is 0.274 e. The number of hydrazone groups is 1. The van der Waals surface area contributed by atoms with Gasteiger partial charge in [-0.15, -0.1) is 0 Å². The van der Waals surface area contributed by atoms with E-state index in [1.165, 1.54) is 24.4 Å². The first-order valence-electron chi connectivity index (χ1n) is 6.81. The van der Waals surface area contributed by atoms with Gasteiger partial charge in [0.15, 0.2) is 0 Å². The smallest absolute Gasteiger partial charge is 0.267 e. The Morgan fingerprint density at radius 1 is 0.955 bits per heavy atom. The minimum absolute atomic E-state index is 0.0295. The van der Waals surface area contributed by atoms with Crippen molar-refractivity contribution in [1.29, 1.82) is 0 Å². The zero-order chi connectivity index (χ0) is 15.4. The molecule has 108 valence electrons. The van der Waals surface area contributed by atoms with E-state index in [1.54, 1.807) is 6.07 Å². The number of amides is 1. The van der Waals surface area contributed by atoms with Gasteiger partial charge in [0, 0.05) is 0 Å². The fraction of sp³-hybridized carbons (Fsp3) is 0. The molecule has 0 fully saturated rings. The third-order valence-electron chi connectivity index (χ3n) is 3.27. The molecule has 0 radical (unpaired) electrons. The van der Waals surface area contributed by atoms with E-state index in [-0.39, 0.29) is 5.56 Å². The van der Waals surface area contributed by atoms with Crippen LogP contribution in [0.2, 0.25) is 0 Å². The van der Waals surface area contributed by atoms with E-state index in [4.69, 9.17) is 0 Å². The standard InChI is InChI=1S/C18H13FN2O/c19-17-8-4-3-7-16(17)18(22)21-20-12-13-9-10-14-5-1-2-6-15(14)11-13/h1-12H,(H,21,22)/b20-12-. The first-order chi connectivity index (χ1) is 10.7. The van der Waals surface area contributed by atoms with Gasteiger partial charge in [-0.1, -0.05) is 48.5 Å². The summed E-state index contributed by atoms with van der Waals surface area (Å²) in [6, 6.07) is 19.6. The first-order valence-corrected chi connectivity index (χ1v) is 6.81. The van der Waals surface area contributed by atoms with Gasteiger partial charge in [-0.2, -0.15) is 5.10 Å². The lowest BCUT2D eigenvalue weighted by molar-refractivity contribution is 0.0951. The van der Waals surface area contributed by atoms with Crippen molar-refractivity contribution in [3.05, 3.63) is 83.7 Å². The van der Waals surface area contributed by atoms with Crippen LogP contribution in [-0.4, -0.2) is 12.1 Å². The molecule has 0 aliphatic heterocycles. The summed E-state index contributed by atoms with van der Waals surface area (Å²) in [5.74, 6) is -1.14. The average molecular weight is 292 g/mol. The van der Waals surface area contributed by atoms with E-state index < -0.39 is 11.7 Å². The molecule has 0 saturated carbocycles. The third-order valence-corrected chi connectivity index (χ3v) is 3.27. The number of nitrogens with one attached hydrogen (secondary N) is 1. The van der Waals surface area contributed by atoms with Crippen LogP contribution in [-0.2, 0) is 0 Å². The van der Waals surface area contributed by atoms with Crippen molar-refractivity contribution in [2.45, 2.75) is 0 Å². The zero-order valence-electron chi connectivity index (χ0n) is 11.7. The Morgan fingerprint density at radius 3 is 2.50 bits per heavy atom. The van der Waals surface area contributed by atoms with Crippen molar-refractivity contribution in [2.75, 3.05) is 0 Å². The highest BCUT2D eigenvalue weighted by atomic mass is 19.1. The molecular formula is C18H13FN2O. The molecule has 0 bridgehead atoms. The summed E-state index contributed by atoms with van der Waals surface area (Å²) >= 11 is 0. The Balaban J connectivity index is 1.73. The Morgan fingerprint density at radius 2 is 1.68 bits per heavy atom. The number of rotatable bonds is 3. The normalized spacial score (nSPS) is 11.0. The van der Waals surface area contributed by atoms with Crippen molar-refractivity contribution < 1.29 is 9.18 Å². The van der Waals surface area contributed by atoms with Gasteiger partial charge in [-0.25, -0.2) is 9.82 Å². The summed E-state index contributed by atoms with van der Waals surface area (Å²) in [4.78, 5) is 11.8. The van der Waals surface area contributed by atoms with E-state index in [0.29, 0.717) is 0 Å². The number of hydrogen-bond acceptors (Lipinski definition) is 2. The topological polar surface area (TPSA) is 41.5 Å². The molecule has 0 atom stereocenters. The summed E-state index contributed by atoms with van der Waals surface area (Å²) in [5, 5.41) is 6.10.